The van der Waals surface area contributed by atoms with Crippen molar-refractivity contribution in [3.8, 4) is 0 Å². The second kappa shape index (κ2) is 5.08. The number of carboxylic acid groups (broad SMARTS) is 1. The molecule has 2 aromatic rings. The summed E-state index contributed by atoms with van der Waals surface area (Å²) in [6.07, 6.45) is 0.586. The summed E-state index contributed by atoms with van der Waals surface area (Å²) < 4.78 is 0. The molecule has 0 saturated carbocycles. The van der Waals surface area contributed by atoms with Crippen LogP contribution in [0.4, 0.5) is 0 Å². The van der Waals surface area contributed by atoms with Crippen LogP contribution < -0.4 is 0 Å². The lowest BCUT2D eigenvalue weighted by molar-refractivity contribution is -0.143. The first-order chi connectivity index (χ1) is 8.90. The summed E-state index contributed by atoms with van der Waals surface area (Å²) in [5, 5.41) is 10.5. The maximum Gasteiger partial charge on any atom is 0.307 e. The average Bonchev–Trinajstić information content (AvgIpc) is 2.60. The van der Waals surface area contributed by atoms with Crippen LogP contribution in [0.2, 0.25) is 0 Å². The first-order valence-corrected chi connectivity index (χ1v) is 6.70. The largest absolute Gasteiger partial charge is 0.481 e. The third-order valence-corrected chi connectivity index (χ3v) is 3.82. The molecule has 0 radical (unpaired) electrons. The number of carboxylic acids is 1. The Morgan fingerprint density at radius 2 is 2.00 bits per heavy atom. The van der Waals surface area contributed by atoms with Gasteiger partial charge in [-0.3, -0.25) is 4.79 Å². The van der Waals surface area contributed by atoms with Crippen molar-refractivity contribution in [2.45, 2.75) is 34.1 Å². The van der Waals surface area contributed by atoms with Crippen LogP contribution in [0.3, 0.4) is 0 Å². The van der Waals surface area contributed by atoms with Crippen molar-refractivity contribution in [1.29, 1.82) is 0 Å². The third-order valence-electron chi connectivity index (χ3n) is 3.82. The molecule has 1 aromatic carbocycles. The lowest BCUT2D eigenvalue weighted by Crippen LogP contribution is -2.22. The normalized spacial score (nSPS) is 13.1. The van der Waals surface area contributed by atoms with Crippen LogP contribution >= 0.6 is 0 Å². The molecule has 19 heavy (non-hydrogen) atoms. The number of aryl methyl sites for hydroxylation is 2. The molecule has 0 aliphatic carbocycles. The van der Waals surface area contributed by atoms with E-state index in [2.05, 4.69) is 30.1 Å². The molecule has 1 unspecified atom stereocenters. The zero-order chi connectivity index (χ0) is 14.2. The highest BCUT2D eigenvalue weighted by Crippen LogP contribution is 2.28. The molecule has 0 fully saturated rings. The summed E-state index contributed by atoms with van der Waals surface area (Å²) in [7, 11) is 0. The third kappa shape index (κ3) is 2.65. The Morgan fingerprint density at radius 1 is 1.32 bits per heavy atom. The molecule has 3 heteroatoms. The molecular weight excluding hydrogens is 238 g/mol. The molecule has 3 nitrogen and oxygen atoms in total. The highest BCUT2D eigenvalue weighted by atomic mass is 16.4. The average molecular weight is 259 g/mol. The van der Waals surface area contributed by atoms with Crippen molar-refractivity contribution in [2.24, 2.45) is 11.8 Å². The van der Waals surface area contributed by atoms with Crippen LogP contribution in [-0.2, 0) is 11.2 Å². The molecule has 1 atom stereocenters. The van der Waals surface area contributed by atoms with Crippen molar-refractivity contribution in [2.75, 3.05) is 0 Å². The number of benzene rings is 1. The van der Waals surface area contributed by atoms with Gasteiger partial charge < -0.3 is 10.1 Å². The predicted octanol–water partition coefficient (Wildman–Crippen LogP) is 3.68. The maximum atomic E-state index is 11.4. The summed E-state index contributed by atoms with van der Waals surface area (Å²) >= 11 is 0. The highest BCUT2D eigenvalue weighted by molar-refractivity contribution is 5.86. The Labute approximate surface area is 113 Å². The second-order valence-corrected chi connectivity index (χ2v) is 5.67. The molecule has 2 N–H and O–H groups in total. The molecule has 102 valence electrons. The minimum Gasteiger partial charge on any atom is -0.481 e. The van der Waals surface area contributed by atoms with Crippen molar-refractivity contribution in [1.82, 2.24) is 4.98 Å². The minimum absolute atomic E-state index is 0.131. The number of carbonyl (C=O) groups is 1. The van der Waals surface area contributed by atoms with Crippen LogP contribution in [0.5, 0.6) is 0 Å². The van der Waals surface area contributed by atoms with Gasteiger partial charge in [0.1, 0.15) is 0 Å². The van der Waals surface area contributed by atoms with E-state index in [4.69, 9.17) is 0 Å². The minimum atomic E-state index is -0.712. The molecule has 1 aromatic heterocycles. The van der Waals surface area contributed by atoms with Gasteiger partial charge in [-0.2, -0.15) is 0 Å². The summed E-state index contributed by atoms with van der Waals surface area (Å²) in [5.74, 6) is -0.915. The molecule has 1 heterocycles. The summed E-state index contributed by atoms with van der Waals surface area (Å²) in [4.78, 5) is 14.7. The number of nitrogens with one attached hydrogen (secondary N) is 1. The SMILES string of the molecule is Cc1ccc2[nH]c(C)c(CC(C(=O)O)C(C)C)c2c1. The first kappa shape index (κ1) is 13.7. The number of aromatic amines is 1. The van der Waals surface area contributed by atoms with Crippen molar-refractivity contribution >= 4 is 16.9 Å². The molecular formula is C16H21NO2. The zero-order valence-corrected chi connectivity index (χ0v) is 11.9. The Hall–Kier alpha value is -1.77. The van der Waals surface area contributed by atoms with Gasteiger partial charge >= 0.3 is 5.97 Å². The fraction of sp³-hybridized carbons (Fsp3) is 0.438. The molecule has 0 saturated heterocycles. The van der Waals surface area contributed by atoms with E-state index in [0.29, 0.717) is 6.42 Å². The van der Waals surface area contributed by atoms with Crippen LogP contribution in [-0.4, -0.2) is 16.1 Å². The van der Waals surface area contributed by atoms with Gasteiger partial charge in [0.05, 0.1) is 5.92 Å². The van der Waals surface area contributed by atoms with Gasteiger partial charge in [0, 0.05) is 16.6 Å². The quantitative estimate of drug-likeness (QED) is 0.880. The number of hydrogen-bond donors (Lipinski definition) is 2. The van der Waals surface area contributed by atoms with E-state index >= 15 is 0 Å². The number of rotatable bonds is 4. The molecule has 2 rings (SSSR count). The topological polar surface area (TPSA) is 53.1 Å². The van der Waals surface area contributed by atoms with E-state index < -0.39 is 5.97 Å². The van der Waals surface area contributed by atoms with Gasteiger partial charge in [-0.1, -0.05) is 25.5 Å². The number of hydrogen-bond acceptors (Lipinski definition) is 1. The van der Waals surface area contributed by atoms with Crippen molar-refractivity contribution < 1.29 is 9.90 Å². The van der Waals surface area contributed by atoms with E-state index in [9.17, 15) is 9.90 Å². The summed E-state index contributed by atoms with van der Waals surface area (Å²) in [5.41, 5.74) is 4.50. The van der Waals surface area contributed by atoms with Gasteiger partial charge in [0.15, 0.2) is 0 Å². The van der Waals surface area contributed by atoms with Crippen LogP contribution in [0, 0.1) is 25.7 Å². The number of aliphatic carboxylic acids is 1. The Bertz CT molecular complexity index is 610. The second-order valence-electron chi connectivity index (χ2n) is 5.67. The fourth-order valence-electron chi connectivity index (χ4n) is 2.59. The Morgan fingerprint density at radius 3 is 2.58 bits per heavy atom. The van der Waals surface area contributed by atoms with Gasteiger partial charge in [0.25, 0.3) is 0 Å². The first-order valence-electron chi connectivity index (χ1n) is 6.70. The van der Waals surface area contributed by atoms with Gasteiger partial charge in [0.2, 0.25) is 0 Å². The number of aromatic nitrogens is 1. The van der Waals surface area contributed by atoms with E-state index in [1.807, 2.05) is 20.8 Å². The standard InChI is InChI=1S/C16H21NO2/c1-9(2)12(16(18)19)8-13-11(4)17-15-6-5-10(3)7-14(13)15/h5-7,9,12,17H,8H2,1-4H3,(H,18,19). The van der Waals surface area contributed by atoms with Crippen molar-refractivity contribution in [3.63, 3.8) is 0 Å². The molecule has 0 bridgehead atoms. The van der Waals surface area contributed by atoms with Gasteiger partial charge in [-0.05, 0) is 43.9 Å². The fourth-order valence-corrected chi connectivity index (χ4v) is 2.59. The van der Waals surface area contributed by atoms with Crippen LogP contribution in [0.1, 0.15) is 30.7 Å². The predicted molar refractivity (Wildman–Crippen MR) is 77.4 cm³/mol. The monoisotopic (exact) mass is 259 g/mol. The lowest BCUT2D eigenvalue weighted by atomic mass is 9.88. The van der Waals surface area contributed by atoms with Gasteiger partial charge in [-0.15, -0.1) is 0 Å². The zero-order valence-electron chi connectivity index (χ0n) is 11.9. The van der Waals surface area contributed by atoms with Crippen LogP contribution in [0.15, 0.2) is 18.2 Å². The molecule has 0 aliphatic rings. The van der Waals surface area contributed by atoms with E-state index in [1.165, 1.54) is 5.56 Å². The summed E-state index contributed by atoms with van der Waals surface area (Å²) in [6.45, 7) is 8.01. The van der Waals surface area contributed by atoms with Crippen molar-refractivity contribution in [3.05, 3.63) is 35.0 Å². The Kier molecular flexibility index (Phi) is 3.65. The molecule has 0 aliphatic heterocycles. The molecule has 0 amide bonds. The van der Waals surface area contributed by atoms with E-state index in [-0.39, 0.29) is 11.8 Å². The van der Waals surface area contributed by atoms with Crippen LogP contribution in [0.25, 0.3) is 10.9 Å². The number of H-pyrrole nitrogens is 1. The summed E-state index contributed by atoms with van der Waals surface area (Å²) in [6, 6.07) is 6.26. The lowest BCUT2D eigenvalue weighted by Gasteiger charge is -2.16. The Balaban J connectivity index is 2.47. The highest BCUT2D eigenvalue weighted by Gasteiger charge is 2.24. The molecule has 0 spiro atoms. The maximum absolute atomic E-state index is 11.4. The van der Waals surface area contributed by atoms with Gasteiger partial charge in [-0.25, -0.2) is 0 Å². The van der Waals surface area contributed by atoms with E-state index in [0.717, 1.165) is 22.2 Å². The smallest absolute Gasteiger partial charge is 0.307 e. The number of fused-ring (bicyclic) bond motifs is 1. The van der Waals surface area contributed by atoms with E-state index in [1.54, 1.807) is 0 Å².